The number of hydrogen-bond donors (Lipinski definition) is 1. The summed E-state index contributed by atoms with van der Waals surface area (Å²) >= 11 is 0. The Morgan fingerprint density at radius 1 is 1.50 bits per heavy atom. The Bertz CT molecular complexity index is 317. The van der Waals surface area contributed by atoms with E-state index in [1.165, 1.54) is 6.92 Å². The average Bonchev–Trinajstić information content (AvgIpc) is 2.24. The van der Waals surface area contributed by atoms with Crippen molar-refractivity contribution in [2.45, 2.75) is 32.5 Å². The summed E-state index contributed by atoms with van der Waals surface area (Å²) in [5, 5.41) is 2.51. The molecule has 1 N–H and O–H groups in total. The second-order valence-corrected chi connectivity index (χ2v) is 5.14. The molecule has 1 aliphatic rings. The SMILES string of the molecule is COC[C@@H]1CN(C(=O)CNC(C)=O)CC(C)(C)O1. The molecule has 1 aliphatic heterocycles. The molecule has 104 valence electrons. The maximum absolute atomic E-state index is 12.0. The molecule has 0 aromatic heterocycles. The third-order valence-corrected chi connectivity index (χ3v) is 2.68. The van der Waals surface area contributed by atoms with E-state index in [2.05, 4.69) is 5.32 Å². The minimum Gasteiger partial charge on any atom is -0.382 e. The molecular weight excluding hydrogens is 236 g/mol. The molecule has 6 heteroatoms. The second-order valence-electron chi connectivity index (χ2n) is 5.14. The topological polar surface area (TPSA) is 67.9 Å². The first kappa shape index (κ1) is 14.9. The Kier molecular flexibility index (Phi) is 5.10. The molecule has 0 aromatic rings. The predicted octanol–water partition coefficient (Wildman–Crippen LogP) is -0.225. The summed E-state index contributed by atoms with van der Waals surface area (Å²) in [4.78, 5) is 24.5. The lowest BCUT2D eigenvalue weighted by molar-refractivity contribution is -0.168. The molecule has 1 fully saturated rings. The standard InChI is InChI=1S/C12H22N2O4/c1-9(15)13-5-11(16)14-6-10(7-17-4)18-12(2,3)8-14/h10H,5-8H2,1-4H3,(H,13,15)/t10-/m0/s1. The zero-order valence-electron chi connectivity index (χ0n) is 11.5. The van der Waals surface area contributed by atoms with Crippen molar-refractivity contribution < 1.29 is 19.1 Å². The van der Waals surface area contributed by atoms with Crippen molar-refractivity contribution in [2.75, 3.05) is 33.4 Å². The van der Waals surface area contributed by atoms with Gasteiger partial charge in [-0.15, -0.1) is 0 Å². The van der Waals surface area contributed by atoms with Crippen molar-refractivity contribution in [3.8, 4) is 0 Å². The van der Waals surface area contributed by atoms with E-state index in [1.807, 2.05) is 13.8 Å². The fourth-order valence-corrected chi connectivity index (χ4v) is 2.07. The van der Waals surface area contributed by atoms with Crippen LogP contribution in [0.3, 0.4) is 0 Å². The largest absolute Gasteiger partial charge is 0.382 e. The van der Waals surface area contributed by atoms with E-state index in [9.17, 15) is 9.59 Å². The summed E-state index contributed by atoms with van der Waals surface area (Å²) in [6.07, 6.45) is -0.125. The first-order chi connectivity index (χ1) is 8.34. The minimum absolute atomic E-state index is 0.0329. The van der Waals surface area contributed by atoms with Gasteiger partial charge < -0.3 is 19.7 Å². The smallest absolute Gasteiger partial charge is 0.242 e. The minimum atomic E-state index is -0.396. The van der Waals surface area contributed by atoms with Crippen LogP contribution in [0.1, 0.15) is 20.8 Å². The number of morpholine rings is 1. The molecule has 0 aromatic carbocycles. The highest BCUT2D eigenvalue weighted by molar-refractivity contribution is 5.83. The van der Waals surface area contributed by atoms with Crippen LogP contribution in [0.2, 0.25) is 0 Å². The molecule has 0 bridgehead atoms. The first-order valence-corrected chi connectivity index (χ1v) is 6.03. The monoisotopic (exact) mass is 258 g/mol. The number of rotatable bonds is 4. The van der Waals surface area contributed by atoms with Gasteiger partial charge in [0.25, 0.3) is 0 Å². The van der Waals surface area contributed by atoms with Gasteiger partial charge in [0.2, 0.25) is 11.8 Å². The lowest BCUT2D eigenvalue weighted by Gasteiger charge is -2.42. The predicted molar refractivity (Wildman–Crippen MR) is 66.1 cm³/mol. The zero-order valence-corrected chi connectivity index (χ0v) is 11.5. The highest BCUT2D eigenvalue weighted by atomic mass is 16.5. The van der Waals surface area contributed by atoms with E-state index in [4.69, 9.17) is 9.47 Å². The van der Waals surface area contributed by atoms with E-state index in [1.54, 1.807) is 12.0 Å². The van der Waals surface area contributed by atoms with Gasteiger partial charge in [-0.2, -0.15) is 0 Å². The molecule has 1 heterocycles. The quantitative estimate of drug-likeness (QED) is 0.756. The van der Waals surface area contributed by atoms with Crippen LogP contribution < -0.4 is 5.32 Å². The molecule has 0 radical (unpaired) electrons. The molecule has 0 unspecified atom stereocenters. The maximum atomic E-state index is 12.0. The van der Waals surface area contributed by atoms with Crippen molar-refractivity contribution in [1.82, 2.24) is 10.2 Å². The number of carbonyl (C=O) groups excluding carboxylic acids is 2. The highest BCUT2D eigenvalue weighted by Crippen LogP contribution is 2.21. The number of ether oxygens (including phenoxy) is 2. The third kappa shape index (κ3) is 4.62. The molecule has 1 saturated heterocycles. The van der Waals surface area contributed by atoms with E-state index in [0.29, 0.717) is 19.7 Å². The second kappa shape index (κ2) is 6.15. The summed E-state index contributed by atoms with van der Waals surface area (Å²) in [6.45, 7) is 6.77. The van der Waals surface area contributed by atoms with Gasteiger partial charge in [-0.05, 0) is 13.8 Å². The molecule has 0 saturated carbocycles. The first-order valence-electron chi connectivity index (χ1n) is 6.03. The fourth-order valence-electron chi connectivity index (χ4n) is 2.07. The van der Waals surface area contributed by atoms with Gasteiger partial charge in [0.15, 0.2) is 0 Å². The van der Waals surface area contributed by atoms with Gasteiger partial charge in [0.1, 0.15) is 0 Å². The lowest BCUT2D eigenvalue weighted by atomic mass is 10.1. The van der Waals surface area contributed by atoms with Crippen molar-refractivity contribution in [2.24, 2.45) is 0 Å². The molecule has 0 spiro atoms. The van der Waals surface area contributed by atoms with Gasteiger partial charge in [0.05, 0.1) is 24.9 Å². The molecule has 1 rings (SSSR count). The van der Waals surface area contributed by atoms with Crippen LogP contribution in [0.25, 0.3) is 0 Å². The van der Waals surface area contributed by atoms with E-state index >= 15 is 0 Å². The van der Waals surface area contributed by atoms with Gasteiger partial charge in [-0.25, -0.2) is 0 Å². The molecular formula is C12H22N2O4. The Balaban J connectivity index is 2.58. The van der Waals surface area contributed by atoms with Gasteiger partial charge >= 0.3 is 0 Å². The van der Waals surface area contributed by atoms with Crippen LogP contribution in [-0.2, 0) is 19.1 Å². The van der Waals surface area contributed by atoms with E-state index in [0.717, 1.165) is 0 Å². The van der Waals surface area contributed by atoms with Crippen LogP contribution in [0, 0.1) is 0 Å². The molecule has 18 heavy (non-hydrogen) atoms. The van der Waals surface area contributed by atoms with Gasteiger partial charge in [-0.3, -0.25) is 9.59 Å². The van der Waals surface area contributed by atoms with Crippen molar-refractivity contribution in [1.29, 1.82) is 0 Å². The van der Waals surface area contributed by atoms with Gasteiger partial charge in [-0.1, -0.05) is 0 Å². The van der Waals surface area contributed by atoms with E-state index < -0.39 is 5.60 Å². The lowest BCUT2D eigenvalue weighted by Crippen LogP contribution is -2.57. The van der Waals surface area contributed by atoms with Crippen molar-refractivity contribution >= 4 is 11.8 Å². The fraction of sp³-hybridized carbons (Fsp3) is 0.833. The molecule has 0 aliphatic carbocycles. The van der Waals surface area contributed by atoms with Crippen LogP contribution in [0.15, 0.2) is 0 Å². The van der Waals surface area contributed by atoms with Crippen LogP contribution >= 0.6 is 0 Å². The highest BCUT2D eigenvalue weighted by Gasteiger charge is 2.35. The van der Waals surface area contributed by atoms with Crippen LogP contribution in [0.4, 0.5) is 0 Å². The maximum Gasteiger partial charge on any atom is 0.242 e. The summed E-state index contributed by atoms with van der Waals surface area (Å²) in [6, 6.07) is 0. The molecule has 6 nitrogen and oxygen atoms in total. The normalized spacial score (nSPS) is 22.7. The van der Waals surface area contributed by atoms with Crippen LogP contribution in [-0.4, -0.2) is 61.8 Å². The number of hydrogen-bond acceptors (Lipinski definition) is 4. The van der Waals surface area contributed by atoms with Crippen molar-refractivity contribution in [3.63, 3.8) is 0 Å². The number of carbonyl (C=O) groups is 2. The molecule has 2 amide bonds. The van der Waals surface area contributed by atoms with Crippen molar-refractivity contribution in [3.05, 3.63) is 0 Å². The number of amides is 2. The number of methoxy groups -OCH3 is 1. The summed E-state index contributed by atoms with van der Waals surface area (Å²) in [5.74, 6) is -0.299. The van der Waals surface area contributed by atoms with Crippen LogP contribution in [0.5, 0.6) is 0 Å². The zero-order chi connectivity index (χ0) is 13.8. The number of nitrogens with one attached hydrogen (secondary N) is 1. The number of nitrogens with zero attached hydrogens (tertiary/aromatic N) is 1. The summed E-state index contributed by atoms with van der Waals surface area (Å²) in [7, 11) is 1.61. The Morgan fingerprint density at radius 2 is 2.17 bits per heavy atom. The van der Waals surface area contributed by atoms with Gasteiger partial charge in [0, 0.05) is 27.1 Å². The van der Waals surface area contributed by atoms with E-state index in [-0.39, 0.29) is 24.5 Å². The Labute approximate surface area is 108 Å². The summed E-state index contributed by atoms with van der Waals surface area (Å²) in [5.41, 5.74) is -0.396. The Morgan fingerprint density at radius 3 is 2.72 bits per heavy atom. The third-order valence-electron chi connectivity index (χ3n) is 2.68. The Hall–Kier alpha value is -1.14. The average molecular weight is 258 g/mol. The summed E-state index contributed by atoms with van der Waals surface area (Å²) < 4.78 is 10.9. The molecule has 1 atom stereocenters.